The Morgan fingerprint density at radius 1 is 1.33 bits per heavy atom. The van der Waals surface area contributed by atoms with E-state index in [1.807, 2.05) is 11.8 Å². The normalized spacial score (nSPS) is 24.9. The van der Waals surface area contributed by atoms with Gasteiger partial charge in [-0.1, -0.05) is 18.2 Å². The Labute approximate surface area is 94.4 Å². The van der Waals surface area contributed by atoms with Gasteiger partial charge in [-0.3, -0.25) is 0 Å². The van der Waals surface area contributed by atoms with Crippen LogP contribution in [0.1, 0.15) is 5.56 Å². The molecule has 15 heavy (non-hydrogen) atoms. The summed E-state index contributed by atoms with van der Waals surface area (Å²) in [5.41, 5.74) is 1.51. The number of fused-ring (bicyclic) bond motifs is 1. The molecule has 1 atom stereocenters. The summed E-state index contributed by atoms with van der Waals surface area (Å²) in [5.74, 6) is 0. The molecule has 0 bridgehead atoms. The maximum absolute atomic E-state index is 5.14. The average molecular weight is 221 g/mol. The molecule has 1 saturated heterocycles. The van der Waals surface area contributed by atoms with E-state index in [-0.39, 0.29) is 0 Å². The van der Waals surface area contributed by atoms with Gasteiger partial charge in [-0.15, -0.1) is 11.8 Å². The SMILES string of the molecule is c1ccc2c(c1)CC(CNC1COC1)S2. The molecule has 1 aromatic carbocycles. The van der Waals surface area contributed by atoms with Gasteiger partial charge >= 0.3 is 0 Å². The molecule has 2 aliphatic rings. The van der Waals surface area contributed by atoms with Crippen LogP contribution in [0.3, 0.4) is 0 Å². The van der Waals surface area contributed by atoms with Gasteiger partial charge in [0.05, 0.1) is 19.3 Å². The van der Waals surface area contributed by atoms with E-state index in [1.54, 1.807) is 0 Å². The van der Waals surface area contributed by atoms with Gasteiger partial charge in [-0.05, 0) is 18.1 Å². The van der Waals surface area contributed by atoms with Crippen molar-refractivity contribution < 1.29 is 4.74 Å². The molecule has 80 valence electrons. The Morgan fingerprint density at radius 2 is 2.20 bits per heavy atom. The van der Waals surface area contributed by atoms with Crippen molar-refractivity contribution in [1.82, 2.24) is 5.32 Å². The fourth-order valence-corrected chi connectivity index (χ4v) is 3.28. The minimum atomic E-state index is 0.606. The van der Waals surface area contributed by atoms with Crippen molar-refractivity contribution in [3.8, 4) is 0 Å². The van der Waals surface area contributed by atoms with E-state index in [0.717, 1.165) is 19.8 Å². The number of thioether (sulfide) groups is 1. The second-order valence-corrected chi connectivity index (χ2v) is 5.54. The first-order valence-electron chi connectivity index (χ1n) is 5.47. The molecular weight excluding hydrogens is 206 g/mol. The van der Waals surface area contributed by atoms with Crippen LogP contribution >= 0.6 is 11.8 Å². The first-order chi connectivity index (χ1) is 7.42. The van der Waals surface area contributed by atoms with E-state index in [0.29, 0.717) is 11.3 Å². The number of hydrogen-bond acceptors (Lipinski definition) is 3. The Kier molecular flexibility index (Phi) is 2.69. The van der Waals surface area contributed by atoms with Crippen LogP contribution in [0.15, 0.2) is 29.2 Å². The third-order valence-corrected chi connectivity index (χ3v) is 4.30. The van der Waals surface area contributed by atoms with Crippen LogP contribution in [0.25, 0.3) is 0 Å². The number of rotatable bonds is 3. The number of hydrogen-bond donors (Lipinski definition) is 1. The third-order valence-electron chi connectivity index (χ3n) is 2.99. The van der Waals surface area contributed by atoms with E-state index in [9.17, 15) is 0 Å². The minimum Gasteiger partial charge on any atom is -0.378 e. The predicted octanol–water partition coefficient (Wildman–Crippen LogP) is 1.69. The maximum atomic E-state index is 5.14. The monoisotopic (exact) mass is 221 g/mol. The third kappa shape index (κ3) is 2.05. The first-order valence-corrected chi connectivity index (χ1v) is 6.35. The zero-order valence-electron chi connectivity index (χ0n) is 8.61. The van der Waals surface area contributed by atoms with Gasteiger partial charge in [0.15, 0.2) is 0 Å². The summed E-state index contributed by atoms with van der Waals surface area (Å²) in [6, 6.07) is 9.34. The molecule has 0 aromatic heterocycles. The predicted molar refractivity (Wildman–Crippen MR) is 62.4 cm³/mol. The first kappa shape index (κ1) is 9.70. The van der Waals surface area contributed by atoms with Crippen LogP contribution in [0, 0.1) is 0 Å². The number of benzene rings is 1. The second-order valence-electron chi connectivity index (χ2n) is 4.19. The van der Waals surface area contributed by atoms with Gasteiger partial charge in [-0.25, -0.2) is 0 Å². The highest BCUT2D eigenvalue weighted by atomic mass is 32.2. The summed E-state index contributed by atoms with van der Waals surface area (Å²) in [4.78, 5) is 1.47. The fourth-order valence-electron chi connectivity index (χ4n) is 2.02. The molecule has 2 heterocycles. The average Bonchev–Trinajstić information content (AvgIpc) is 2.57. The van der Waals surface area contributed by atoms with Crippen molar-refractivity contribution in [1.29, 1.82) is 0 Å². The Hall–Kier alpha value is -0.510. The Morgan fingerprint density at radius 3 is 2.93 bits per heavy atom. The Bertz CT molecular complexity index is 326. The summed E-state index contributed by atoms with van der Waals surface area (Å²) >= 11 is 2.01. The Balaban J connectivity index is 1.54. The maximum Gasteiger partial charge on any atom is 0.0643 e. The second kappa shape index (κ2) is 4.16. The van der Waals surface area contributed by atoms with E-state index < -0.39 is 0 Å². The molecular formula is C12H15NOS. The van der Waals surface area contributed by atoms with Crippen molar-refractivity contribution in [3.05, 3.63) is 29.8 Å². The van der Waals surface area contributed by atoms with Crippen LogP contribution in [0.5, 0.6) is 0 Å². The lowest BCUT2D eigenvalue weighted by Crippen LogP contribution is -2.47. The molecule has 0 spiro atoms. The molecule has 0 aliphatic carbocycles. The van der Waals surface area contributed by atoms with Crippen molar-refractivity contribution >= 4 is 11.8 Å². The van der Waals surface area contributed by atoms with Crippen LogP contribution in [-0.2, 0) is 11.2 Å². The molecule has 1 unspecified atom stereocenters. The molecule has 2 nitrogen and oxygen atoms in total. The lowest BCUT2D eigenvalue weighted by atomic mass is 10.1. The van der Waals surface area contributed by atoms with Crippen LogP contribution in [-0.4, -0.2) is 31.1 Å². The zero-order chi connectivity index (χ0) is 10.1. The molecule has 2 aliphatic heterocycles. The van der Waals surface area contributed by atoms with Gasteiger partial charge in [0.2, 0.25) is 0 Å². The summed E-state index contributed by atoms with van der Waals surface area (Å²) in [5, 5.41) is 4.26. The summed E-state index contributed by atoms with van der Waals surface area (Å²) < 4.78 is 5.14. The quantitative estimate of drug-likeness (QED) is 0.839. The summed E-state index contributed by atoms with van der Waals surface area (Å²) in [7, 11) is 0. The molecule has 3 heteroatoms. The minimum absolute atomic E-state index is 0.606. The highest BCUT2D eigenvalue weighted by molar-refractivity contribution is 8.00. The van der Waals surface area contributed by atoms with Crippen molar-refractivity contribution in [3.63, 3.8) is 0 Å². The summed E-state index contributed by atoms with van der Waals surface area (Å²) in [6.07, 6.45) is 1.21. The van der Waals surface area contributed by atoms with Crippen LogP contribution < -0.4 is 5.32 Å². The van der Waals surface area contributed by atoms with E-state index in [4.69, 9.17) is 4.74 Å². The number of ether oxygens (including phenoxy) is 1. The highest BCUT2D eigenvalue weighted by Gasteiger charge is 2.24. The molecule has 0 radical (unpaired) electrons. The fraction of sp³-hybridized carbons (Fsp3) is 0.500. The van der Waals surface area contributed by atoms with Crippen molar-refractivity contribution in [2.75, 3.05) is 19.8 Å². The topological polar surface area (TPSA) is 21.3 Å². The smallest absolute Gasteiger partial charge is 0.0643 e. The van der Waals surface area contributed by atoms with E-state index in [2.05, 4.69) is 29.6 Å². The largest absolute Gasteiger partial charge is 0.378 e. The van der Waals surface area contributed by atoms with Crippen molar-refractivity contribution in [2.24, 2.45) is 0 Å². The molecule has 1 fully saturated rings. The zero-order valence-corrected chi connectivity index (χ0v) is 9.43. The van der Waals surface area contributed by atoms with E-state index in [1.165, 1.54) is 16.9 Å². The lowest BCUT2D eigenvalue weighted by molar-refractivity contribution is -0.00470. The number of nitrogens with one attached hydrogen (secondary N) is 1. The van der Waals surface area contributed by atoms with Gasteiger partial charge < -0.3 is 10.1 Å². The molecule has 0 amide bonds. The van der Waals surface area contributed by atoms with Crippen LogP contribution in [0.4, 0.5) is 0 Å². The molecule has 1 aromatic rings. The van der Waals surface area contributed by atoms with E-state index >= 15 is 0 Å². The van der Waals surface area contributed by atoms with Gasteiger partial charge in [0, 0.05) is 16.7 Å². The van der Waals surface area contributed by atoms with Gasteiger partial charge in [0.1, 0.15) is 0 Å². The molecule has 1 N–H and O–H groups in total. The van der Waals surface area contributed by atoms with Crippen molar-refractivity contribution in [2.45, 2.75) is 22.6 Å². The van der Waals surface area contributed by atoms with Gasteiger partial charge in [-0.2, -0.15) is 0 Å². The lowest BCUT2D eigenvalue weighted by Gasteiger charge is -2.28. The molecule has 0 saturated carbocycles. The summed E-state index contributed by atoms with van der Waals surface area (Å²) in [6.45, 7) is 2.89. The highest BCUT2D eigenvalue weighted by Crippen LogP contribution is 2.36. The van der Waals surface area contributed by atoms with Crippen LogP contribution in [0.2, 0.25) is 0 Å². The molecule has 3 rings (SSSR count). The standard InChI is InChI=1S/C12H15NOS/c1-2-4-12-9(3-1)5-11(15-12)6-13-10-7-14-8-10/h1-4,10-11,13H,5-8H2. The van der Waals surface area contributed by atoms with Gasteiger partial charge in [0.25, 0.3) is 0 Å².